The van der Waals surface area contributed by atoms with Crippen molar-refractivity contribution >= 4 is 32.6 Å². The Balaban J connectivity index is 1.63. The van der Waals surface area contributed by atoms with E-state index in [1.807, 2.05) is 68.4 Å². The summed E-state index contributed by atoms with van der Waals surface area (Å²) in [6, 6.07) is 17.2. The number of amides is 1. The van der Waals surface area contributed by atoms with E-state index in [-0.39, 0.29) is 12.5 Å². The molecule has 2 heterocycles. The number of nitrogens with zero attached hydrogens (tertiary/aromatic N) is 3. The second-order valence-electron chi connectivity index (χ2n) is 6.98. The fourth-order valence-electron chi connectivity index (χ4n) is 3.16. The highest BCUT2D eigenvalue weighted by Crippen LogP contribution is 2.35. The van der Waals surface area contributed by atoms with Gasteiger partial charge in [-0.25, -0.2) is 4.98 Å². The van der Waals surface area contributed by atoms with Gasteiger partial charge in [-0.3, -0.25) is 14.7 Å². The van der Waals surface area contributed by atoms with E-state index in [1.54, 1.807) is 17.3 Å². The first-order chi connectivity index (χ1) is 15.1. The fourth-order valence-corrected chi connectivity index (χ4v) is 4.16. The van der Waals surface area contributed by atoms with Crippen molar-refractivity contribution in [2.24, 2.45) is 0 Å². The topological polar surface area (TPSA) is 64.5 Å². The molecule has 7 heteroatoms. The van der Waals surface area contributed by atoms with Gasteiger partial charge in [-0.15, -0.1) is 0 Å². The van der Waals surface area contributed by atoms with E-state index in [2.05, 4.69) is 4.98 Å². The largest absolute Gasteiger partial charge is 0.492 e. The molecule has 31 heavy (non-hydrogen) atoms. The predicted octanol–water partition coefficient (Wildman–Crippen LogP) is 5.01. The van der Waals surface area contributed by atoms with Crippen LogP contribution >= 0.6 is 11.3 Å². The molecule has 0 N–H and O–H groups in total. The number of benzene rings is 2. The minimum Gasteiger partial charge on any atom is -0.492 e. The Morgan fingerprint density at radius 1 is 1.10 bits per heavy atom. The average Bonchev–Trinajstić information content (AvgIpc) is 3.22. The zero-order valence-corrected chi connectivity index (χ0v) is 18.3. The fraction of sp³-hybridized carbons (Fsp3) is 0.208. The van der Waals surface area contributed by atoms with Crippen LogP contribution in [0, 0.1) is 6.92 Å². The van der Waals surface area contributed by atoms with Crippen LogP contribution in [-0.2, 0) is 11.3 Å². The number of ether oxygens (including phenoxy) is 2. The first-order valence-electron chi connectivity index (χ1n) is 10.0. The van der Waals surface area contributed by atoms with E-state index in [1.165, 1.54) is 11.3 Å². The Morgan fingerprint density at radius 2 is 1.97 bits per heavy atom. The third kappa shape index (κ3) is 5.00. The molecule has 0 fully saturated rings. The monoisotopic (exact) mass is 433 g/mol. The van der Waals surface area contributed by atoms with E-state index in [4.69, 9.17) is 14.5 Å². The predicted molar refractivity (Wildman–Crippen MR) is 123 cm³/mol. The van der Waals surface area contributed by atoms with Gasteiger partial charge in [-0.2, -0.15) is 0 Å². The number of aryl methyl sites for hydroxylation is 1. The van der Waals surface area contributed by atoms with Gasteiger partial charge in [0.25, 0.3) is 5.91 Å². The lowest BCUT2D eigenvalue weighted by Gasteiger charge is -2.20. The molecule has 6 nitrogen and oxygen atoms in total. The summed E-state index contributed by atoms with van der Waals surface area (Å²) in [6.07, 6.45) is 3.46. The van der Waals surface area contributed by atoms with Crippen molar-refractivity contribution in [3.63, 3.8) is 0 Å². The van der Waals surface area contributed by atoms with Gasteiger partial charge >= 0.3 is 0 Å². The molecular formula is C24H23N3O3S. The number of hydrogen-bond acceptors (Lipinski definition) is 6. The van der Waals surface area contributed by atoms with E-state index in [9.17, 15) is 4.79 Å². The maximum Gasteiger partial charge on any atom is 0.267 e. The molecule has 2 aromatic heterocycles. The van der Waals surface area contributed by atoms with Crippen LogP contribution in [0.3, 0.4) is 0 Å². The van der Waals surface area contributed by atoms with Crippen LogP contribution in [0.4, 0.5) is 5.13 Å². The van der Waals surface area contributed by atoms with Crippen molar-refractivity contribution in [2.45, 2.75) is 20.4 Å². The summed E-state index contributed by atoms with van der Waals surface area (Å²) < 4.78 is 12.4. The second-order valence-corrected chi connectivity index (χ2v) is 7.99. The molecule has 0 aliphatic rings. The molecule has 0 aliphatic heterocycles. The highest BCUT2D eigenvalue weighted by molar-refractivity contribution is 7.22. The van der Waals surface area contributed by atoms with Gasteiger partial charge < -0.3 is 9.47 Å². The van der Waals surface area contributed by atoms with Crippen molar-refractivity contribution in [1.82, 2.24) is 9.97 Å². The smallest absolute Gasteiger partial charge is 0.267 e. The van der Waals surface area contributed by atoms with Gasteiger partial charge in [0.1, 0.15) is 17.0 Å². The molecule has 0 saturated heterocycles. The maximum atomic E-state index is 13.2. The molecule has 0 aliphatic carbocycles. The number of anilines is 1. The lowest BCUT2D eigenvalue weighted by molar-refractivity contribution is -0.120. The van der Waals surface area contributed by atoms with Crippen LogP contribution in [0.2, 0.25) is 0 Å². The SMILES string of the molecule is CCOc1cccc2sc(N(Cc3cccnc3)C(=O)COc3cccc(C)c3)nc12. The van der Waals surface area contributed by atoms with Gasteiger partial charge in [-0.05, 0) is 55.3 Å². The van der Waals surface area contributed by atoms with Gasteiger partial charge in [0.05, 0.1) is 17.9 Å². The van der Waals surface area contributed by atoms with Crippen molar-refractivity contribution in [3.05, 3.63) is 78.1 Å². The number of carbonyl (C=O) groups is 1. The van der Waals surface area contributed by atoms with E-state index >= 15 is 0 Å². The molecular weight excluding hydrogens is 410 g/mol. The highest BCUT2D eigenvalue weighted by atomic mass is 32.1. The first kappa shape index (κ1) is 20.8. The Labute approximate surface area is 185 Å². The summed E-state index contributed by atoms with van der Waals surface area (Å²) in [5, 5.41) is 0.601. The minimum absolute atomic E-state index is 0.0854. The average molecular weight is 434 g/mol. The summed E-state index contributed by atoms with van der Waals surface area (Å²) in [7, 11) is 0. The molecule has 1 amide bonds. The number of rotatable bonds is 8. The van der Waals surface area contributed by atoms with Crippen LogP contribution in [0.15, 0.2) is 67.0 Å². The molecule has 0 bridgehead atoms. The third-order valence-electron chi connectivity index (χ3n) is 4.62. The quantitative estimate of drug-likeness (QED) is 0.391. The molecule has 0 unspecified atom stereocenters. The number of pyridine rings is 1. The summed E-state index contributed by atoms with van der Waals surface area (Å²) >= 11 is 1.46. The summed E-state index contributed by atoms with van der Waals surface area (Å²) in [6.45, 7) is 4.74. The standard InChI is InChI=1S/C24H23N3O3S/c1-3-29-20-10-5-11-21-23(20)26-24(31-21)27(15-18-8-6-12-25-14-18)22(28)16-30-19-9-4-7-17(2)13-19/h4-14H,3,15-16H2,1-2H3. The number of thiazole rings is 1. The molecule has 0 saturated carbocycles. The van der Waals surface area contributed by atoms with Crippen LogP contribution < -0.4 is 14.4 Å². The molecule has 4 aromatic rings. The molecule has 4 rings (SSSR count). The number of hydrogen-bond donors (Lipinski definition) is 0. The van der Waals surface area contributed by atoms with Gasteiger partial charge in [-0.1, -0.05) is 35.6 Å². The highest BCUT2D eigenvalue weighted by Gasteiger charge is 2.22. The number of fused-ring (bicyclic) bond motifs is 1. The molecule has 0 radical (unpaired) electrons. The van der Waals surface area contributed by atoms with Crippen molar-refractivity contribution in [1.29, 1.82) is 0 Å². The number of para-hydroxylation sites is 1. The summed E-state index contributed by atoms with van der Waals surface area (Å²) in [5.41, 5.74) is 2.75. The first-order valence-corrected chi connectivity index (χ1v) is 10.9. The molecule has 0 spiro atoms. The van der Waals surface area contributed by atoms with Gasteiger partial charge in [0, 0.05) is 12.4 Å². The van der Waals surface area contributed by atoms with E-state index in [0.29, 0.717) is 29.8 Å². The number of carbonyl (C=O) groups excluding carboxylic acids is 1. The lowest BCUT2D eigenvalue weighted by Crippen LogP contribution is -2.34. The Morgan fingerprint density at radius 3 is 2.74 bits per heavy atom. The third-order valence-corrected chi connectivity index (χ3v) is 5.66. The summed E-state index contributed by atoms with van der Waals surface area (Å²) in [5.74, 6) is 1.20. The zero-order chi connectivity index (χ0) is 21.6. The van der Waals surface area contributed by atoms with Crippen molar-refractivity contribution in [2.75, 3.05) is 18.1 Å². The molecule has 158 valence electrons. The van der Waals surface area contributed by atoms with Crippen molar-refractivity contribution in [3.8, 4) is 11.5 Å². The minimum atomic E-state index is -0.178. The zero-order valence-electron chi connectivity index (χ0n) is 17.4. The van der Waals surface area contributed by atoms with Crippen LogP contribution in [0.5, 0.6) is 11.5 Å². The Hall–Kier alpha value is -3.45. The van der Waals surface area contributed by atoms with Gasteiger partial charge in [0.2, 0.25) is 0 Å². The number of aromatic nitrogens is 2. The van der Waals surface area contributed by atoms with Crippen LogP contribution in [-0.4, -0.2) is 29.1 Å². The lowest BCUT2D eigenvalue weighted by atomic mass is 10.2. The normalized spacial score (nSPS) is 10.8. The Bertz CT molecular complexity index is 1180. The molecule has 2 aromatic carbocycles. The van der Waals surface area contributed by atoms with Crippen LogP contribution in [0.25, 0.3) is 10.2 Å². The molecule has 0 atom stereocenters. The maximum absolute atomic E-state index is 13.2. The van der Waals surface area contributed by atoms with E-state index in [0.717, 1.165) is 21.3 Å². The summed E-state index contributed by atoms with van der Waals surface area (Å²) in [4.78, 5) is 23.8. The second kappa shape index (κ2) is 9.57. The van der Waals surface area contributed by atoms with Gasteiger partial charge in [0.15, 0.2) is 11.7 Å². The Kier molecular flexibility index (Phi) is 6.43. The van der Waals surface area contributed by atoms with E-state index < -0.39 is 0 Å². The van der Waals surface area contributed by atoms with Crippen LogP contribution in [0.1, 0.15) is 18.1 Å². The van der Waals surface area contributed by atoms with Crippen molar-refractivity contribution < 1.29 is 14.3 Å².